The van der Waals surface area contributed by atoms with E-state index in [4.69, 9.17) is 5.73 Å². The van der Waals surface area contributed by atoms with Crippen LogP contribution in [0.15, 0.2) is 36.7 Å². The summed E-state index contributed by atoms with van der Waals surface area (Å²) in [6.07, 6.45) is 7.64. The Morgan fingerprint density at radius 3 is 2.81 bits per heavy atom. The summed E-state index contributed by atoms with van der Waals surface area (Å²) in [5, 5.41) is 3.07. The van der Waals surface area contributed by atoms with Crippen LogP contribution >= 0.6 is 24.8 Å². The molecule has 2 unspecified atom stereocenters. The monoisotopic (exact) mass is 412 g/mol. The molecule has 1 aromatic carbocycles. The smallest absolute Gasteiger partial charge is 0.227 e. The minimum Gasteiger partial charge on any atom is -0.330 e. The number of nitrogens with one attached hydrogen (secondary N) is 1. The van der Waals surface area contributed by atoms with E-state index in [0.717, 1.165) is 49.3 Å². The van der Waals surface area contributed by atoms with Crippen molar-refractivity contribution in [3.63, 3.8) is 0 Å². The van der Waals surface area contributed by atoms with Crippen LogP contribution in [0, 0.1) is 5.92 Å². The number of aromatic nitrogens is 2. The molecular weight excluding hydrogens is 383 g/mol. The number of benzene rings is 1. The third-order valence-corrected chi connectivity index (χ3v) is 4.90. The summed E-state index contributed by atoms with van der Waals surface area (Å²) in [4.78, 5) is 16.9. The largest absolute Gasteiger partial charge is 0.330 e. The molecule has 0 radical (unpaired) electrons. The molecule has 1 saturated carbocycles. The van der Waals surface area contributed by atoms with E-state index in [9.17, 15) is 4.79 Å². The SMILES string of the molecule is CC(C)c1nccn1Cc1cccc(NC(=O)C2CCCC(N)C2)c1.Cl.Cl. The number of hydrogen-bond donors (Lipinski definition) is 2. The van der Waals surface area contributed by atoms with Gasteiger partial charge in [0.2, 0.25) is 5.91 Å². The minimum atomic E-state index is 0. The molecule has 0 aliphatic heterocycles. The van der Waals surface area contributed by atoms with Crippen LogP contribution in [0.25, 0.3) is 0 Å². The van der Waals surface area contributed by atoms with Crippen LogP contribution in [0.3, 0.4) is 0 Å². The molecule has 0 bridgehead atoms. The predicted octanol–water partition coefficient (Wildman–Crippen LogP) is 4.35. The average molecular weight is 413 g/mol. The van der Waals surface area contributed by atoms with Gasteiger partial charge >= 0.3 is 0 Å². The number of amides is 1. The predicted molar refractivity (Wildman–Crippen MR) is 115 cm³/mol. The minimum absolute atomic E-state index is 0. The molecule has 7 heteroatoms. The van der Waals surface area contributed by atoms with Gasteiger partial charge in [0.25, 0.3) is 0 Å². The molecule has 1 aliphatic rings. The van der Waals surface area contributed by atoms with Crippen LogP contribution in [0.2, 0.25) is 0 Å². The first-order chi connectivity index (χ1) is 12.0. The lowest BCUT2D eigenvalue weighted by Crippen LogP contribution is -2.34. The van der Waals surface area contributed by atoms with Gasteiger partial charge in [-0.2, -0.15) is 0 Å². The highest BCUT2D eigenvalue weighted by Crippen LogP contribution is 2.25. The van der Waals surface area contributed by atoms with Crippen molar-refractivity contribution in [3.8, 4) is 0 Å². The highest BCUT2D eigenvalue weighted by molar-refractivity contribution is 5.92. The Kier molecular flexibility index (Phi) is 9.30. The Morgan fingerprint density at radius 1 is 1.33 bits per heavy atom. The summed E-state index contributed by atoms with van der Waals surface area (Å²) in [6, 6.07) is 8.22. The zero-order valence-corrected chi connectivity index (χ0v) is 17.6. The van der Waals surface area contributed by atoms with Gasteiger partial charge in [0.15, 0.2) is 0 Å². The van der Waals surface area contributed by atoms with Gasteiger partial charge < -0.3 is 15.6 Å². The summed E-state index contributed by atoms with van der Waals surface area (Å²) in [5.74, 6) is 1.59. The van der Waals surface area contributed by atoms with Crippen molar-refractivity contribution in [1.29, 1.82) is 0 Å². The van der Waals surface area contributed by atoms with E-state index >= 15 is 0 Å². The summed E-state index contributed by atoms with van der Waals surface area (Å²) in [7, 11) is 0. The van der Waals surface area contributed by atoms with Crippen molar-refractivity contribution in [2.24, 2.45) is 11.7 Å². The maximum absolute atomic E-state index is 12.5. The second-order valence-corrected chi connectivity index (χ2v) is 7.38. The number of hydrogen-bond acceptors (Lipinski definition) is 3. The molecule has 27 heavy (non-hydrogen) atoms. The number of carbonyl (C=O) groups excluding carboxylic acids is 1. The van der Waals surface area contributed by atoms with Gasteiger partial charge in [0, 0.05) is 42.5 Å². The molecule has 5 nitrogen and oxygen atoms in total. The summed E-state index contributed by atoms with van der Waals surface area (Å²) >= 11 is 0. The van der Waals surface area contributed by atoms with Crippen LogP contribution in [0.4, 0.5) is 5.69 Å². The van der Waals surface area contributed by atoms with E-state index in [0.29, 0.717) is 5.92 Å². The Hall–Kier alpha value is -1.56. The summed E-state index contributed by atoms with van der Waals surface area (Å²) in [6.45, 7) is 5.04. The number of nitrogens with zero attached hydrogens (tertiary/aromatic N) is 2. The summed E-state index contributed by atoms with van der Waals surface area (Å²) < 4.78 is 2.16. The molecule has 3 N–H and O–H groups in total. The number of anilines is 1. The van der Waals surface area contributed by atoms with Gasteiger partial charge in [-0.05, 0) is 37.0 Å². The first kappa shape index (κ1) is 23.5. The van der Waals surface area contributed by atoms with E-state index in [2.05, 4.69) is 34.8 Å². The molecule has 0 saturated heterocycles. The van der Waals surface area contributed by atoms with E-state index in [-0.39, 0.29) is 42.7 Å². The molecule has 0 spiro atoms. The normalized spacial score (nSPS) is 19.1. The second-order valence-electron chi connectivity index (χ2n) is 7.38. The van der Waals surface area contributed by atoms with Crippen LogP contribution < -0.4 is 11.1 Å². The molecule has 1 heterocycles. The van der Waals surface area contributed by atoms with Gasteiger partial charge in [-0.1, -0.05) is 32.4 Å². The molecule has 1 aliphatic carbocycles. The van der Waals surface area contributed by atoms with Gasteiger partial charge in [0.05, 0.1) is 0 Å². The second kappa shape index (κ2) is 10.7. The molecule has 2 aromatic rings. The fourth-order valence-corrected chi connectivity index (χ4v) is 3.61. The Morgan fingerprint density at radius 2 is 2.11 bits per heavy atom. The van der Waals surface area contributed by atoms with Crippen LogP contribution in [0.5, 0.6) is 0 Å². The van der Waals surface area contributed by atoms with E-state index in [1.165, 1.54) is 0 Å². The first-order valence-electron chi connectivity index (χ1n) is 9.19. The average Bonchev–Trinajstić information content (AvgIpc) is 3.03. The maximum atomic E-state index is 12.5. The fraction of sp³-hybridized carbons (Fsp3) is 0.500. The zero-order chi connectivity index (χ0) is 17.8. The number of imidazole rings is 1. The van der Waals surface area contributed by atoms with Crippen molar-refractivity contribution in [2.75, 3.05) is 5.32 Å². The highest BCUT2D eigenvalue weighted by Gasteiger charge is 2.25. The van der Waals surface area contributed by atoms with E-state index in [1.54, 1.807) is 0 Å². The number of nitrogens with two attached hydrogens (primary N) is 1. The van der Waals surface area contributed by atoms with Crippen LogP contribution in [0.1, 0.15) is 56.8 Å². The van der Waals surface area contributed by atoms with Gasteiger partial charge in [-0.3, -0.25) is 4.79 Å². The standard InChI is InChI=1S/C20H28N4O.2ClH/c1-14(2)19-22-9-10-24(19)13-15-5-3-8-18(11-15)23-20(25)16-6-4-7-17(21)12-16;;/h3,5,8-11,14,16-17H,4,6-7,12-13,21H2,1-2H3,(H,23,25);2*1H. The van der Waals surface area contributed by atoms with Crippen LogP contribution in [-0.4, -0.2) is 21.5 Å². The molecule has 1 amide bonds. The molecule has 1 aromatic heterocycles. The van der Waals surface area contributed by atoms with Gasteiger partial charge in [-0.15, -0.1) is 24.8 Å². The lowest BCUT2D eigenvalue weighted by molar-refractivity contribution is -0.120. The molecule has 2 atom stereocenters. The molecular formula is C20H30Cl2N4O. The lowest BCUT2D eigenvalue weighted by atomic mass is 9.85. The van der Waals surface area contributed by atoms with E-state index in [1.807, 2.05) is 30.6 Å². The Bertz CT molecular complexity index is 732. The van der Waals surface area contributed by atoms with Crippen molar-refractivity contribution in [2.45, 2.75) is 58.0 Å². The fourth-order valence-electron chi connectivity index (χ4n) is 3.61. The molecule has 3 rings (SSSR count). The van der Waals surface area contributed by atoms with Crippen molar-refractivity contribution in [1.82, 2.24) is 9.55 Å². The Balaban J connectivity index is 0.00000182. The van der Waals surface area contributed by atoms with E-state index < -0.39 is 0 Å². The van der Waals surface area contributed by atoms with Crippen molar-refractivity contribution < 1.29 is 4.79 Å². The number of carbonyl (C=O) groups is 1. The van der Waals surface area contributed by atoms with Crippen LogP contribution in [-0.2, 0) is 11.3 Å². The molecule has 150 valence electrons. The van der Waals surface area contributed by atoms with Gasteiger partial charge in [-0.25, -0.2) is 4.98 Å². The van der Waals surface area contributed by atoms with Crippen molar-refractivity contribution in [3.05, 3.63) is 48.0 Å². The topological polar surface area (TPSA) is 72.9 Å². The number of rotatable bonds is 5. The Labute approximate surface area is 173 Å². The van der Waals surface area contributed by atoms with Gasteiger partial charge in [0.1, 0.15) is 5.82 Å². The van der Waals surface area contributed by atoms with Crippen molar-refractivity contribution >= 4 is 36.4 Å². The third-order valence-electron chi connectivity index (χ3n) is 4.90. The lowest BCUT2D eigenvalue weighted by Gasteiger charge is -2.25. The third kappa shape index (κ3) is 6.23. The summed E-state index contributed by atoms with van der Waals surface area (Å²) in [5.41, 5.74) is 8.01. The first-order valence-corrected chi connectivity index (χ1v) is 9.19. The number of halogens is 2. The zero-order valence-electron chi connectivity index (χ0n) is 15.9. The maximum Gasteiger partial charge on any atom is 0.227 e. The highest BCUT2D eigenvalue weighted by atomic mass is 35.5. The molecule has 1 fully saturated rings. The quantitative estimate of drug-likeness (QED) is 0.765.